The summed E-state index contributed by atoms with van der Waals surface area (Å²) in [5.74, 6) is 1.10. The summed E-state index contributed by atoms with van der Waals surface area (Å²) >= 11 is 0. The van der Waals surface area contributed by atoms with E-state index in [9.17, 15) is 4.79 Å². The third-order valence-corrected chi connectivity index (χ3v) is 4.46. The molecule has 0 aliphatic rings. The maximum Gasteiger partial charge on any atom is 0.215 e. The minimum absolute atomic E-state index is 0.150. The van der Waals surface area contributed by atoms with E-state index in [4.69, 9.17) is 4.84 Å². The van der Waals surface area contributed by atoms with E-state index in [0.717, 1.165) is 31.2 Å². The van der Waals surface area contributed by atoms with Crippen molar-refractivity contribution >= 4 is 17.9 Å². The Morgan fingerprint density at radius 3 is 2.70 bits per heavy atom. The highest BCUT2D eigenvalue weighted by atomic mass is 16.6. The Hall–Kier alpha value is -3.62. The Morgan fingerprint density at radius 1 is 1.17 bits per heavy atom. The van der Waals surface area contributed by atoms with Crippen LogP contribution in [0.4, 0.5) is 5.82 Å². The van der Waals surface area contributed by atoms with Crippen LogP contribution in [0.2, 0.25) is 0 Å². The number of unbranched alkanes of at least 4 members (excludes halogenated alkanes) is 2. The van der Waals surface area contributed by atoms with Crippen LogP contribution in [0, 0.1) is 0 Å². The van der Waals surface area contributed by atoms with Crippen LogP contribution in [0.5, 0.6) is 0 Å². The van der Waals surface area contributed by atoms with Crippen molar-refractivity contribution in [1.29, 1.82) is 0 Å². The first-order chi connectivity index (χ1) is 14.7. The monoisotopic (exact) mass is 407 g/mol. The fourth-order valence-corrected chi connectivity index (χ4v) is 2.87. The standard InChI is InChI=1S/C21H25N7O2/c1-3-4-8-14-28(16-29)19-13-9-12-18(22-19)15-30-24-20(17-10-6-5-7-11-17)21-23-25-26-27(21)2/h5-7,9-13,16H,3-4,8,14-15H2,1-2H3/b24-20+. The van der Waals surface area contributed by atoms with Gasteiger partial charge in [-0.2, -0.15) is 0 Å². The van der Waals surface area contributed by atoms with Crippen molar-refractivity contribution in [2.45, 2.75) is 32.8 Å². The average Bonchev–Trinajstić information content (AvgIpc) is 3.20. The number of carbonyl (C=O) groups is 1. The molecule has 1 aromatic carbocycles. The van der Waals surface area contributed by atoms with Crippen LogP contribution >= 0.6 is 0 Å². The fourth-order valence-electron chi connectivity index (χ4n) is 2.87. The van der Waals surface area contributed by atoms with Crippen molar-refractivity contribution < 1.29 is 9.63 Å². The van der Waals surface area contributed by atoms with E-state index in [1.165, 1.54) is 4.68 Å². The molecule has 0 radical (unpaired) electrons. The highest BCUT2D eigenvalue weighted by Gasteiger charge is 2.15. The summed E-state index contributed by atoms with van der Waals surface area (Å²) in [5, 5.41) is 15.9. The molecule has 0 aliphatic carbocycles. The average molecular weight is 407 g/mol. The second kappa shape index (κ2) is 10.8. The van der Waals surface area contributed by atoms with E-state index < -0.39 is 0 Å². The van der Waals surface area contributed by atoms with Crippen LogP contribution in [-0.2, 0) is 23.3 Å². The number of pyridine rings is 1. The van der Waals surface area contributed by atoms with Gasteiger partial charge in [-0.25, -0.2) is 9.67 Å². The predicted octanol–water partition coefficient (Wildman–Crippen LogP) is 2.73. The smallest absolute Gasteiger partial charge is 0.215 e. The maximum atomic E-state index is 11.4. The molecule has 0 saturated carbocycles. The van der Waals surface area contributed by atoms with Crippen molar-refractivity contribution in [1.82, 2.24) is 25.2 Å². The minimum Gasteiger partial charge on any atom is -0.389 e. The van der Waals surface area contributed by atoms with Crippen molar-refractivity contribution in [2.75, 3.05) is 11.4 Å². The lowest BCUT2D eigenvalue weighted by Gasteiger charge is -2.16. The number of hydrogen-bond donors (Lipinski definition) is 0. The summed E-state index contributed by atoms with van der Waals surface area (Å²) in [6.45, 7) is 2.92. The Morgan fingerprint density at radius 2 is 2.00 bits per heavy atom. The normalized spacial score (nSPS) is 11.3. The molecule has 0 N–H and O–H groups in total. The molecule has 0 atom stereocenters. The quantitative estimate of drug-likeness (QED) is 0.210. The Bertz CT molecular complexity index is 972. The zero-order chi connectivity index (χ0) is 21.2. The lowest BCUT2D eigenvalue weighted by molar-refractivity contribution is -0.107. The molecule has 3 rings (SSSR count). The highest BCUT2D eigenvalue weighted by Crippen LogP contribution is 2.13. The number of benzene rings is 1. The number of hydrogen-bond acceptors (Lipinski definition) is 7. The van der Waals surface area contributed by atoms with E-state index in [2.05, 4.69) is 32.6 Å². The summed E-state index contributed by atoms with van der Waals surface area (Å²) in [7, 11) is 1.74. The first kappa shape index (κ1) is 21.1. The number of oxime groups is 1. The van der Waals surface area contributed by atoms with Gasteiger partial charge in [0, 0.05) is 19.2 Å². The molecular formula is C21H25N7O2. The van der Waals surface area contributed by atoms with E-state index in [1.807, 2.05) is 48.5 Å². The second-order valence-electron chi connectivity index (χ2n) is 6.70. The van der Waals surface area contributed by atoms with Gasteiger partial charge in [0.15, 0.2) is 12.3 Å². The van der Waals surface area contributed by atoms with Gasteiger partial charge in [-0.05, 0) is 29.0 Å². The SMILES string of the molecule is CCCCCN(C=O)c1cccc(CO/N=C(\c2ccccc2)c2nnnn2C)n1. The summed E-state index contributed by atoms with van der Waals surface area (Å²) in [6, 6.07) is 15.1. The highest BCUT2D eigenvalue weighted by molar-refractivity contribution is 6.10. The predicted molar refractivity (Wildman–Crippen MR) is 113 cm³/mol. The Kier molecular flexibility index (Phi) is 7.59. The zero-order valence-electron chi connectivity index (χ0n) is 17.2. The number of carbonyl (C=O) groups excluding carboxylic acids is 1. The first-order valence-electron chi connectivity index (χ1n) is 9.89. The first-order valence-corrected chi connectivity index (χ1v) is 9.89. The van der Waals surface area contributed by atoms with Gasteiger partial charge >= 0.3 is 0 Å². The molecule has 0 aliphatic heterocycles. The topological polar surface area (TPSA) is 98.4 Å². The third kappa shape index (κ3) is 5.47. The molecule has 1 amide bonds. The van der Waals surface area contributed by atoms with E-state index in [0.29, 0.717) is 29.6 Å². The molecule has 0 saturated heterocycles. The number of amides is 1. The van der Waals surface area contributed by atoms with E-state index >= 15 is 0 Å². The molecule has 3 aromatic rings. The Labute approximate surface area is 175 Å². The van der Waals surface area contributed by atoms with Gasteiger partial charge in [0.25, 0.3) is 0 Å². The summed E-state index contributed by atoms with van der Waals surface area (Å²) in [5.41, 5.74) is 2.02. The molecule has 9 nitrogen and oxygen atoms in total. The molecule has 2 aromatic heterocycles. The second-order valence-corrected chi connectivity index (χ2v) is 6.70. The van der Waals surface area contributed by atoms with Crippen LogP contribution < -0.4 is 4.90 Å². The number of tetrazole rings is 1. The van der Waals surface area contributed by atoms with Crippen molar-refractivity contribution in [3.8, 4) is 0 Å². The van der Waals surface area contributed by atoms with Crippen LogP contribution in [0.1, 0.15) is 43.3 Å². The number of nitrogens with zero attached hydrogens (tertiary/aromatic N) is 7. The zero-order valence-corrected chi connectivity index (χ0v) is 17.2. The van der Waals surface area contributed by atoms with Gasteiger partial charge in [0.2, 0.25) is 12.2 Å². The number of aromatic nitrogens is 5. The summed E-state index contributed by atoms with van der Waals surface area (Å²) < 4.78 is 1.53. The van der Waals surface area contributed by atoms with E-state index in [-0.39, 0.29) is 6.61 Å². The molecule has 156 valence electrons. The van der Waals surface area contributed by atoms with Gasteiger partial charge in [-0.3, -0.25) is 9.69 Å². The molecule has 9 heteroatoms. The lowest BCUT2D eigenvalue weighted by Crippen LogP contribution is -2.23. The number of rotatable bonds is 11. The maximum absolute atomic E-state index is 11.4. The van der Waals surface area contributed by atoms with Crippen LogP contribution in [0.25, 0.3) is 0 Å². The van der Waals surface area contributed by atoms with Crippen molar-refractivity contribution in [3.63, 3.8) is 0 Å². The number of anilines is 1. The third-order valence-electron chi connectivity index (χ3n) is 4.46. The molecule has 30 heavy (non-hydrogen) atoms. The van der Waals surface area contributed by atoms with Crippen LogP contribution in [-0.4, -0.2) is 43.9 Å². The van der Waals surface area contributed by atoms with Gasteiger partial charge in [-0.15, -0.1) is 5.10 Å². The molecular weight excluding hydrogens is 382 g/mol. The molecule has 0 bridgehead atoms. The minimum atomic E-state index is 0.150. The van der Waals surface area contributed by atoms with Gasteiger partial charge < -0.3 is 4.84 Å². The molecule has 0 fully saturated rings. The molecule has 0 spiro atoms. The van der Waals surface area contributed by atoms with Gasteiger partial charge in [0.1, 0.15) is 5.82 Å². The Balaban J connectivity index is 1.74. The summed E-state index contributed by atoms with van der Waals surface area (Å²) in [6.07, 6.45) is 3.92. The largest absolute Gasteiger partial charge is 0.389 e. The number of aryl methyl sites for hydroxylation is 1. The van der Waals surface area contributed by atoms with Crippen molar-refractivity contribution in [2.24, 2.45) is 12.2 Å². The summed E-state index contributed by atoms with van der Waals surface area (Å²) in [4.78, 5) is 23.2. The van der Waals surface area contributed by atoms with Crippen molar-refractivity contribution in [3.05, 3.63) is 65.6 Å². The van der Waals surface area contributed by atoms with Crippen LogP contribution in [0.3, 0.4) is 0 Å². The van der Waals surface area contributed by atoms with Gasteiger partial charge in [0.05, 0.1) is 5.69 Å². The lowest BCUT2D eigenvalue weighted by atomic mass is 10.1. The van der Waals surface area contributed by atoms with Crippen LogP contribution in [0.15, 0.2) is 53.7 Å². The van der Waals surface area contributed by atoms with E-state index in [1.54, 1.807) is 11.9 Å². The molecule has 2 heterocycles. The van der Waals surface area contributed by atoms with Gasteiger partial charge in [-0.1, -0.05) is 61.3 Å². The fraction of sp³-hybridized carbons (Fsp3) is 0.333. The molecule has 0 unspecified atom stereocenters.